The third-order valence-electron chi connectivity index (χ3n) is 5.49. The van der Waals surface area contributed by atoms with Crippen molar-refractivity contribution in [1.29, 1.82) is 10.5 Å². The van der Waals surface area contributed by atoms with Gasteiger partial charge in [-0.25, -0.2) is 9.67 Å². The maximum absolute atomic E-state index is 14.2. The maximum atomic E-state index is 14.2. The average molecular weight is 521 g/mol. The molecule has 2 heterocycles. The topological polar surface area (TPSA) is 119 Å². The molecular formula is C23H17F6N7O. The second-order valence-electron chi connectivity index (χ2n) is 7.68. The molecule has 0 saturated heterocycles. The first-order valence-corrected chi connectivity index (χ1v) is 10.4. The fourth-order valence-corrected chi connectivity index (χ4v) is 3.85. The van der Waals surface area contributed by atoms with Crippen LogP contribution in [0.2, 0.25) is 0 Å². The Morgan fingerprint density at radius 3 is 2.19 bits per heavy atom. The second-order valence-corrected chi connectivity index (χ2v) is 7.68. The Bertz CT molecular complexity index is 1430. The van der Waals surface area contributed by atoms with Crippen molar-refractivity contribution in [1.82, 2.24) is 20.1 Å². The number of amides is 1. The van der Waals surface area contributed by atoms with Crippen LogP contribution in [0.15, 0.2) is 30.5 Å². The zero-order valence-corrected chi connectivity index (χ0v) is 19.4. The second kappa shape index (κ2) is 9.81. The van der Waals surface area contributed by atoms with Gasteiger partial charge < -0.3 is 10.6 Å². The molecule has 0 aliphatic heterocycles. The van der Waals surface area contributed by atoms with Gasteiger partial charge in [-0.05, 0) is 29.8 Å². The van der Waals surface area contributed by atoms with E-state index in [2.05, 4.69) is 20.7 Å². The first kappa shape index (κ1) is 27.0. The third kappa shape index (κ3) is 5.04. The van der Waals surface area contributed by atoms with Gasteiger partial charge in [-0.3, -0.25) is 4.79 Å². The molecule has 0 bridgehead atoms. The molecule has 2 aromatic heterocycles. The van der Waals surface area contributed by atoms with Gasteiger partial charge in [-0.1, -0.05) is 6.92 Å². The van der Waals surface area contributed by atoms with Gasteiger partial charge in [-0.2, -0.15) is 36.9 Å². The molecular weight excluding hydrogens is 504 g/mol. The number of anilines is 1. The van der Waals surface area contributed by atoms with E-state index in [1.807, 2.05) is 12.1 Å². The Morgan fingerprint density at radius 2 is 1.73 bits per heavy atom. The standard InChI is InChI=1S/C23H17F6N7O/c1-11(18-14(21(37)33-3)6-13(22(24,25)26)7-16(18)23(27,28)29)19-15(9-31)20(32-2)35-36(19)17-5-4-12(8-30)10-34-17/h4-7,10-11H,1-3H3,(H,32,35)(H,33,37). The van der Waals surface area contributed by atoms with E-state index in [-0.39, 0.29) is 34.5 Å². The van der Waals surface area contributed by atoms with E-state index in [4.69, 9.17) is 5.26 Å². The van der Waals surface area contributed by atoms with E-state index < -0.39 is 46.4 Å². The lowest BCUT2D eigenvalue weighted by Gasteiger charge is -2.24. The Hall–Kier alpha value is -4.59. The molecule has 1 atom stereocenters. The number of carbonyl (C=O) groups excluding carboxylic acids is 1. The van der Waals surface area contributed by atoms with Crippen molar-refractivity contribution < 1.29 is 31.1 Å². The van der Waals surface area contributed by atoms with E-state index in [0.29, 0.717) is 6.07 Å². The molecule has 0 aliphatic carbocycles. The number of nitrogens with one attached hydrogen (secondary N) is 2. The normalized spacial score (nSPS) is 12.4. The van der Waals surface area contributed by atoms with E-state index in [1.54, 1.807) is 0 Å². The van der Waals surface area contributed by atoms with Gasteiger partial charge in [0.05, 0.1) is 22.4 Å². The Morgan fingerprint density at radius 1 is 1.05 bits per heavy atom. The molecule has 192 valence electrons. The van der Waals surface area contributed by atoms with Gasteiger partial charge in [0.25, 0.3) is 5.91 Å². The van der Waals surface area contributed by atoms with Crippen LogP contribution in [0.4, 0.5) is 32.2 Å². The van der Waals surface area contributed by atoms with E-state index in [9.17, 15) is 36.4 Å². The summed E-state index contributed by atoms with van der Waals surface area (Å²) in [5.41, 5.74) is -5.21. The molecule has 1 amide bonds. The number of benzene rings is 1. The highest BCUT2D eigenvalue weighted by atomic mass is 19.4. The molecule has 0 spiro atoms. The molecule has 0 radical (unpaired) electrons. The largest absolute Gasteiger partial charge is 0.416 e. The number of nitrogens with zero attached hydrogens (tertiary/aromatic N) is 5. The van der Waals surface area contributed by atoms with E-state index >= 15 is 0 Å². The number of halogens is 6. The Labute approximate surface area is 206 Å². The van der Waals surface area contributed by atoms with E-state index in [1.165, 1.54) is 32.3 Å². The molecule has 14 heteroatoms. The van der Waals surface area contributed by atoms with Crippen molar-refractivity contribution >= 4 is 11.7 Å². The SMILES string of the molecule is CNC(=O)c1cc(C(F)(F)F)cc(C(F)(F)F)c1C(C)c1c(C#N)c(NC)nn1-c1ccc(C#N)cn1. The molecule has 8 nitrogen and oxygen atoms in total. The van der Waals surface area contributed by atoms with Crippen LogP contribution >= 0.6 is 0 Å². The minimum atomic E-state index is -5.29. The van der Waals surface area contributed by atoms with Crippen LogP contribution in [0.3, 0.4) is 0 Å². The number of pyridine rings is 1. The van der Waals surface area contributed by atoms with E-state index in [0.717, 1.165) is 11.7 Å². The van der Waals surface area contributed by atoms with Crippen LogP contribution in [0.25, 0.3) is 5.82 Å². The number of carbonyl (C=O) groups is 1. The highest BCUT2D eigenvalue weighted by molar-refractivity contribution is 5.96. The highest BCUT2D eigenvalue weighted by Gasteiger charge is 2.42. The number of nitriles is 2. The molecule has 2 N–H and O–H groups in total. The fourth-order valence-electron chi connectivity index (χ4n) is 3.85. The third-order valence-corrected chi connectivity index (χ3v) is 5.49. The summed E-state index contributed by atoms with van der Waals surface area (Å²) in [7, 11) is 2.47. The summed E-state index contributed by atoms with van der Waals surface area (Å²) in [6.07, 6.45) is -9.29. The minimum Gasteiger partial charge on any atom is -0.371 e. The summed E-state index contributed by atoms with van der Waals surface area (Å²) in [4.78, 5) is 16.6. The van der Waals surface area contributed by atoms with Crippen molar-refractivity contribution in [3.05, 3.63) is 69.5 Å². The summed E-state index contributed by atoms with van der Waals surface area (Å²) in [6.45, 7) is 1.21. The molecule has 0 fully saturated rings. The van der Waals surface area contributed by atoms with Crippen molar-refractivity contribution in [3.63, 3.8) is 0 Å². The average Bonchev–Trinajstić information content (AvgIpc) is 3.24. The summed E-state index contributed by atoms with van der Waals surface area (Å²) in [6, 6.07) is 6.67. The quantitative estimate of drug-likeness (QED) is 0.474. The smallest absolute Gasteiger partial charge is 0.371 e. The van der Waals surface area contributed by atoms with Gasteiger partial charge in [-0.15, -0.1) is 5.10 Å². The van der Waals surface area contributed by atoms with Crippen LogP contribution in [0.1, 0.15) is 56.7 Å². The first-order chi connectivity index (χ1) is 17.3. The lowest BCUT2D eigenvalue weighted by atomic mass is 9.85. The molecule has 3 rings (SSSR count). The van der Waals surface area contributed by atoms with Crippen LogP contribution in [-0.2, 0) is 12.4 Å². The van der Waals surface area contributed by atoms with Crippen molar-refractivity contribution in [2.75, 3.05) is 19.4 Å². The molecule has 3 aromatic rings. The number of hydrogen-bond donors (Lipinski definition) is 2. The number of aromatic nitrogens is 3. The van der Waals surface area contributed by atoms with Gasteiger partial charge in [0.2, 0.25) is 0 Å². The lowest BCUT2D eigenvalue weighted by Crippen LogP contribution is -2.26. The van der Waals surface area contributed by atoms with Crippen LogP contribution in [0.5, 0.6) is 0 Å². The molecule has 0 saturated carbocycles. The summed E-state index contributed by atoms with van der Waals surface area (Å²) < 4.78 is 84.0. The zero-order chi connectivity index (χ0) is 27.7. The zero-order valence-electron chi connectivity index (χ0n) is 19.4. The number of hydrogen-bond acceptors (Lipinski definition) is 6. The molecule has 37 heavy (non-hydrogen) atoms. The summed E-state index contributed by atoms with van der Waals surface area (Å²) in [5.74, 6) is -2.69. The lowest BCUT2D eigenvalue weighted by molar-refractivity contribution is -0.143. The van der Waals surface area contributed by atoms with Crippen molar-refractivity contribution in [2.24, 2.45) is 0 Å². The van der Waals surface area contributed by atoms with Gasteiger partial charge in [0.1, 0.15) is 17.7 Å². The molecule has 1 aromatic carbocycles. The first-order valence-electron chi connectivity index (χ1n) is 10.4. The van der Waals surface area contributed by atoms with Crippen molar-refractivity contribution in [2.45, 2.75) is 25.2 Å². The fraction of sp³-hybridized carbons (Fsp3) is 0.261. The Balaban J connectivity index is 2.44. The summed E-state index contributed by atoms with van der Waals surface area (Å²) in [5, 5.41) is 27.7. The predicted octanol–water partition coefficient (Wildman–Crippen LogP) is 4.60. The maximum Gasteiger partial charge on any atom is 0.416 e. The molecule has 1 unspecified atom stereocenters. The number of rotatable bonds is 5. The minimum absolute atomic E-state index is 0.0146. The highest BCUT2D eigenvalue weighted by Crippen LogP contribution is 2.44. The van der Waals surface area contributed by atoms with Crippen LogP contribution < -0.4 is 10.6 Å². The van der Waals surface area contributed by atoms with Gasteiger partial charge in [0.15, 0.2) is 11.6 Å². The predicted molar refractivity (Wildman–Crippen MR) is 118 cm³/mol. The van der Waals surface area contributed by atoms with Crippen molar-refractivity contribution in [3.8, 4) is 18.0 Å². The number of alkyl halides is 6. The van der Waals surface area contributed by atoms with Crippen LogP contribution in [0, 0.1) is 22.7 Å². The van der Waals surface area contributed by atoms with Crippen LogP contribution in [-0.4, -0.2) is 34.8 Å². The van der Waals surface area contributed by atoms with Gasteiger partial charge in [0, 0.05) is 31.8 Å². The Kier molecular flexibility index (Phi) is 7.16. The molecule has 0 aliphatic rings. The van der Waals surface area contributed by atoms with Gasteiger partial charge >= 0.3 is 12.4 Å². The summed E-state index contributed by atoms with van der Waals surface area (Å²) >= 11 is 0. The monoisotopic (exact) mass is 521 g/mol.